The molecular formula is C30H30F7NO5S. The summed E-state index contributed by atoms with van der Waals surface area (Å²) in [6, 6.07) is 6.53. The third-order valence-electron chi connectivity index (χ3n) is 9.55. The Kier molecular flexibility index (Phi) is 7.86. The van der Waals surface area contributed by atoms with Crippen molar-refractivity contribution < 1.29 is 53.8 Å². The molecule has 2 atom stereocenters. The number of carboxylic acids is 1. The van der Waals surface area contributed by atoms with E-state index in [0.717, 1.165) is 6.07 Å². The molecule has 0 radical (unpaired) electrons. The molecule has 1 saturated heterocycles. The van der Waals surface area contributed by atoms with Gasteiger partial charge >= 0.3 is 24.0 Å². The van der Waals surface area contributed by atoms with Crippen LogP contribution in [0.2, 0.25) is 0 Å². The Hall–Kier alpha value is -3.16. The minimum absolute atomic E-state index is 0.0489. The Morgan fingerprint density at radius 2 is 1.50 bits per heavy atom. The zero-order chi connectivity index (χ0) is 32.5. The molecule has 14 heteroatoms. The van der Waals surface area contributed by atoms with Gasteiger partial charge in [0.15, 0.2) is 9.84 Å². The second-order valence-electron chi connectivity index (χ2n) is 12.0. The first-order valence-electron chi connectivity index (χ1n) is 14.2. The summed E-state index contributed by atoms with van der Waals surface area (Å²) in [6.07, 6.45) is -12.0. The van der Waals surface area contributed by atoms with Crippen LogP contribution in [0.1, 0.15) is 60.8 Å². The molecule has 0 spiro atoms. The van der Waals surface area contributed by atoms with Crippen molar-refractivity contribution in [1.82, 2.24) is 4.90 Å². The summed E-state index contributed by atoms with van der Waals surface area (Å²) in [5.74, 6) is -2.48. The molecule has 0 aromatic heterocycles. The van der Waals surface area contributed by atoms with Crippen LogP contribution in [-0.4, -0.2) is 55.2 Å². The van der Waals surface area contributed by atoms with E-state index in [9.17, 15) is 49.5 Å². The predicted molar refractivity (Wildman–Crippen MR) is 143 cm³/mol. The molecule has 2 aromatic rings. The highest BCUT2D eigenvalue weighted by Crippen LogP contribution is 2.57. The third-order valence-corrected chi connectivity index (χ3v) is 12.1. The van der Waals surface area contributed by atoms with Crippen LogP contribution in [0, 0.1) is 18.8 Å². The van der Waals surface area contributed by atoms with E-state index in [1.807, 2.05) is 0 Å². The van der Waals surface area contributed by atoms with Crippen LogP contribution in [0.5, 0.6) is 0 Å². The van der Waals surface area contributed by atoms with Crippen LogP contribution in [0.3, 0.4) is 0 Å². The maximum atomic E-state index is 15.0. The Balaban J connectivity index is 1.63. The molecule has 1 N–H and O–H groups in total. The van der Waals surface area contributed by atoms with Gasteiger partial charge in [-0.05, 0) is 80.7 Å². The quantitative estimate of drug-likeness (QED) is 0.379. The van der Waals surface area contributed by atoms with Gasteiger partial charge in [-0.2, -0.15) is 26.3 Å². The Morgan fingerprint density at radius 3 is 2.07 bits per heavy atom. The highest BCUT2D eigenvalue weighted by atomic mass is 32.2. The first-order valence-corrected chi connectivity index (χ1v) is 15.7. The zero-order valence-corrected chi connectivity index (χ0v) is 24.3. The molecule has 44 heavy (non-hydrogen) atoms. The monoisotopic (exact) mass is 649 g/mol. The number of amides is 1. The summed E-state index contributed by atoms with van der Waals surface area (Å²) in [6.45, 7) is 1.61. The predicted octanol–water partition coefficient (Wildman–Crippen LogP) is 6.39. The maximum absolute atomic E-state index is 15.0. The summed E-state index contributed by atoms with van der Waals surface area (Å²) in [7, 11) is -4.43. The lowest BCUT2D eigenvalue weighted by molar-refractivity contribution is -0.348. The van der Waals surface area contributed by atoms with E-state index >= 15 is 4.39 Å². The number of carboxylic acid groups (broad SMARTS) is 1. The molecule has 1 amide bonds. The van der Waals surface area contributed by atoms with Crippen LogP contribution in [0.25, 0.3) is 0 Å². The van der Waals surface area contributed by atoms with Crippen molar-refractivity contribution in [1.29, 1.82) is 0 Å². The second-order valence-corrected chi connectivity index (χ2v) is 14.2. The highest BCUT2D eigenvalue weighted by Gasteiger charge is 2.74. The number of sulfone groups is 1. The summed E-state index contributed by atoms with van der Waals surface area (Å²) in [5, 5.41) is 9.32. The van der Waals surface area contributed by atoms with E-state index < -0.39 is 62.0 Å². The van der Waals surface area contributed by atoms with Crippen molar-refractivity contribution in [2.45, 2.75) is 85.6 Å². The lowest BCUT2D eigenvalue weighted by atomic mass is 9.76. The Morgan fingerprint density at radius 1 is 0.886 bits per heavy atom. The van der Waals surface area contributed by atoms with Gasteiger partial charge in [0, 0.05) is 18.0 Å². The Labute approximate surface area is 249 Å². The van der Waals surface area contributed by atoms with Crippen LogP contribution in [0.15, 0.2) is 47.4 Å². The van der Waals surface area contributed by atoms with Gasteiger partial charge in [-0.1, -0.05) is 30.3 Å². The van der Waals surface area contributed by atoms with Gasteiger partial charge in [0.1, 0.15) is 4.75 Å². The number of benzene rings is 2. The fourth-order valence-corrected chi connectivity index (χ4v) is 9.78. The van der Waals surface area contributed by atoms with E-state index in [0.29, 0.717) is 17.7 Å². The molecule has 6 nitrogen and oxygen atoms in total. The van der Waals surface area contributed by atoms with Gasteiger partial charge < -0.3 is 10.0 Å². The topological polar surface area (TPSA) is 91.8 Å². The SMILES string of the molecule is Cc1cccc(S(=O)(=O)[C@@]23CCN(C(=O)C4CCC(C(=O)O)CC4)[C@@H]2CCc2cc(C(F)(C(F)(F)F)C(F)(F)F)ccc23)c1. The van der Waals surface area contributed by atoms with E-state index in [2.05, 4.69) is 0 Å². The lowest BCUT2D eigenvalue weighted by Gasteiger charge is -2.44. The van der Waals surface area contributed by atoms with E-state index in [-0.39, 0.29) is 73.4 Å². The van der Waals surface area contributed by atoms with Crippen LogP contribution in [-0.2, 0) is 36.3 Å². The van der Waals surface area contributed by atoms with Crippen molar-refractivity contribution in [2.24, 2.45) is 11.8 Å². The minimum Gasteiger partial charge on any atom is -0.481 e. The summed E-state index contributed by atoms with van der Waals surface area (Å²) < 4.78 is 124. The fraction of sp³-hybridized carbons (Fsp3) is 0.533. The summed E-state index contributed by atoms with van der Waals surface area (Å²) in [4.78, 5) is 26.5. The van der Waals surface area contributed by atoms with Crippen molar-refractivity contribution in [3.05, 3.63) is 64.7 Å². The number of hydrogen-bond acceptors (Lipinski definition) is 4. The number of rotatable bonds is 5. The van der Waals surface area contributed by atoms with Gasteiger partial charge in [0.05, 0.1) is 16.9 Å². The first kappa shape index (κ1) is 32.2. The standard InChI is InChI=1S/C30H30F7NO5S/c1-17-3-2-4-22(15-17)44(42,43)27-13-14-38(25(39)18-5-7-19(8-6-18)26(40)41)24(27)12-9-20-16-21(10-11-23(20)27)28(31,29(32,33)34)30(35,36)37/h2-4,10-11,15-16,18-19,24H,5-9,12-14H2,1H3,(H,40,41)/t18?,19?,24-,27-/m1/s1. The molecule has 3 aliphatic rings. The molecule has 2 fully saturated rings. The number of fused-ring (bicyclic) bond motifs is 3. The lowest BCUT2D eigenvalue weighted by Crippen LogP contribution is -2.53. The zero-order valence-electron chi connectivity index (χ0n) is 23.5. The third kappa shape index (κ3) is 4.78. The number of halogens is 7. The summed E-state index contributed by atoms with van der Waals surface area (Å²) >= 11 is 0. The number of alkyl halides is 7. The van der Waals surface area contributed by atoms with E-state index in [1.165, 1.54) is 23.1 Å². The number of aliphatic carboxylic acids is 1. The molecule has 1 heterocycles. The van der Waals surface area contributed by atoms with Crippen LogP contribution < -0.4 is 0 Å². The van der Waals surface area contributed by atoms with Crippen LogP contribution >= 0.6 is 0 Å². The van der Waals surface area contributed by atoms with Crippen molar-refractivity contribution >= 4 is 21.7 Å². The molecule has 2 aromatic carbocycles. The maximum Gasteiger partial charge on any atom is 0.435 e. The molecule has 2 aliphatic carbocycles. The fourth-order valence-electron chi connectivity index (χ4n) is 7.31. The van der Waals surface area contributed by atoms with Gasteiger partial charge in [-0.15, -0.1) is 0 Å². The van der Waals surface area contributed by atoms with Crippen molar-refractivity contribution in [3.8, 4) is 0 Å². The number of hydrogen-bond donors (Lipinski definition) is 1. The molecular weight excluding hydrogens is 619 g/mol. The average molecular weight is 650 g/mol. The molecule has 240 valence electrons. The minimum atomic E-state index is -6.34. The van der Waals surface area contributed by atoms with Crippen molar-refractivity contribution in [2.75, 3.05) is 6.54 Å². The average Bonchev–Trinajstić information content (AvgIpc) is 3.36. The smallest absolute Gasteiger partial charge is 0.435 e. The largest absolute Gasteiger partial charge is 0.481 e. The van der Waals surface area contributed by atoms with E-state index in [1.54, 1.807) is 13.0 Å². The number of likely N-dealkylation sites (tertiary alicyclic amines) is 1. The molecule has 0 unspecified atom stereocenters. The van der Waals surface area contributed by atoms with E-state index in [4.69, 9.17) is 0 Å². The molecule has 1 aliphatic heterocycles. The second kappa shape index (κ2) is 10.7. The number of carbonyl (C=O) groups is 2. The van der Waals surface area contributed by atoms with Gasteiger partial charge in [-0.3, -0.25) is 9.59 Å². The highest BCUT2D eigenvalue weighted by molar-refractivity contribution is 7.92. The van der Waals surface area contributed by atoms with Crippen LogP contribution in [0.4, 0.5) is 30.7 Å². The normalized spacial score (nSPS) is 26.2. The van der Waals surface area contributed by atoms with Gasteiger partial charge in [0.25, 0.3) is 0 Å². The summed E-state index contributed by atoms with van der Waals surface area (Å²) in [5.41, 5.74) is -7.01. The Bertz CT molecular complexity index is 1570. The van der Waals surface area contributed by atoms with Crippen molar-refractivity contribution in [3.63, 3.8) is 0 Å². The number of nitrogens with zero attached hydrogens (tertiary/aromatic N) is 1. The number of carbonyl (C=O) groups excluding carboxylic acids is 1. The molecule has 5 rings (SSSR count). The number of aryl methyl sites for hydroxylation is 2. The first-order chi connectivity index (χ1) is 20.4. The molecule has 0 bridgehead atoms. The van der Waals surface area contributed by atoms with Gasteiger partial charge in [-0.25, -0.2) is 12.8 Å². The molecule has 1 saturated carbocycles. The van der Waals surface area contributed by atoms with Gasteiger partial charge in [0.2, 0.25) is 5.91 Å².